The van der Waals surface area contributed by atoms with Crippen LogP contribution in [0.2, 0.25) is 0 Å². The highest BCUT2D eigenvalue weighted by molar-refractivity contribution is 14.0. The van der Waals surface area contributed by atoms with Crippen LogP contribution in [-0.2, 0) is 11.2 Å². The van der Waals surface area contributed by atoms with Crippen molar-refractivity contribution in [3.05, 3.63) is 29.3 Å². The molecular weight excluding hydrogens is 509 g/mol. The highest BCUT2D eigenvalue weighted by Crippen LogP contribution is 2.22. The molecule has 1 aliphatic heterocycles. The van der Waals surface area contributed by atoms with Crippen LogP contribution >= 0.6 is 35.3 Å². The van der Waals surface area contributed by atoms with E-state index in [0.29, 0.717) is 12.5 Å². The molecule has 168 valence electrons. The number of thiazole rings is 1. The fourth-order valence-corrected chi connectivity index (χ4v) is 4.59. The Bertz CT molecular complexity index is 749. The van der Waals surface area contributed by atoms with Crippen molar-refractivity contribution in [3.8, 4) is 0 Å². The molecule has 0 radical (unpaired) electrons. The molecule has 1 saturated heterocycles. The number of nitrogens with zero attached hydrogens (tertiary/aromatic N) is 3. The summed E-state index contributed by atoms with van der Waals surface area (Å²) in [5, 5.41) is 8.00. The van der Waals surface area contributed by atoms with Crippen molar-refractivity contribution >= 4 is 51.5 Å². The first-order chi connectivity index (χ1) is 14.1. The Morgan fingerprint density at radius 1 is 1.33 bits per heavy atom. The molecule has 0 spiro atoms. The number of rotatable bonds is 9. The van der Waals surface area contributed by atoms with Crippen LogP contribution in [0.25, 0.3) is 10.2 Å². The van der Waals surface area contributed by atoms with E-state index in [1.165, 1.54) is 9.71 Å². The summed E-state index contributed by atoms with van der Waals surface area (Å²) >= 11 is 1.79. The van der Waals surface area contributed by atoms with E-state index in [4.69, 9.17) is 14.7 Å². The number of hydrogen-bond acceptors (Lipinski definition) is 5. The van der Waals surface area contributed by atoms with E-state index in [2.05, 4.69) is 54.5 Å². The summed E-state index contributed by atoms with van der Waals surface area (Å²) < 4.78 is 7.19. The summed E-state index contributed by atoms with van der Waals surface area (Å²) in [5.74, 6) is 1.56. The number of para-hydroxylation sites is 1. The second-order valence-electron chi connectivity index (χ2n) is 7.97. The molecule has 1 fully saturated rings. The number of morpholine rings is 1. The van der Waals surface area contributed by atoms with Crippen LogP contribution in [0.4, 0.5) is 0 Å². The van der Waals surface area contributed by atoms with Crippen molar-refractivity contribution in [2.75, 3.05) is 45.9 Å². The normalized spacial score (nSPS) is 17.9. The Labute approximate surface area is 201 Å². The first kappa shape index (κ1) is 25.3. The van der Waals surface area contributed by atoms with Gasteiger partial charge in [0.25, 0.3) is 0 Å². The third kappa shape index (κ3) is 8.28. The lowest BCUT2D eigenvalue weighted by Crippen LogP contribution is -2.46. The van der Waals surface area contributed by atoms with Crippen LogP contribution in [0.1, 0.15) is 32.2 Å². The third-order valence-corrected chi connectivity index (χ3v) is 5.94. The fourth-order valence-electron chi connectivity index (χ4n) is 3.58. The van der Waals surface area contributed by atoms with E-state index in [-0.39, 0.29) is 30.1 Å². The van der Waals surface area contributed by atoms with Gasteiger partial charge in [0.2, 0.25) is 0 Å². The molecule has 0 saturated carbocycles. The van der Waals surface area contributed by atoms with Gasteiger partial charge in [-0.25, -0.2) is 4.98 Å². The molecule has 6 nitrogen and oxygen atoms in total. The van der Waals surface area contributed by atoms with Gasteiger partial charge in [-0.05, 0) is 31.4 Å². The van der Waals surface area contributed by atoms with Crippen molar-refractivity contribution in [2.24, 2.45) is 10.9 Å². The smallest absolute Gasteiger partial charge is 0.191 e. The number of aryl methyl sites for hydroxylation is 1. The Kier molecular flexibility index (Phi) is 11.3. The summed E-state index contributed by atoms with van der Waals surface area (Å²) in [4.78, 5) is 12.0. The van der Waals surface area contributed by atoms with Crippen LogP contribution in [0.5, 0.6) is 0 Å². The van der Waals surface area contributed by atoms with E-state index in [1.807, 2.05) is 6.07 Å². The van der Waals surface area contributed by atoms with Gasteiger partial charge in [0.05, 0.1) is 34.5 Å². The maximum atomic E-state index is 5.92. The highest BCUT2D eigenvalue weighted by Gasteiger charge is 2.20. The Morgan fingerprint density at radius 3 is 2.93 bits per heavy atom. The molecule has 3 rings (SSSR count). The molecule has 1 aromatic heterocycles. The molecule has 2 aromatic rings. The maximum absolute atomic E-state index is 5.92. The van der Waals surface area contributed by atoms with Gasteiger partial charge in [0.1, 0.15) is 0 Å². The predicted octanol–water partition coefficient (Wildman–Crippen LogP) is 3.76. The Balaban J connectivity index is 0.00000320. The molecule has 0 aliphatic carbocycles. The first-order valence-electron chi connectivity index (χ1n) is 10.8. The van der Waals surface area contributed by atoms with Crippen LogP contribution < -0.4 is 10.6 Å². The summed E-state index contributed by atoms with van der Waals surface area (Å²) in [5.41, 5.74) is 1.11. The monoisotopic (exact) mass is 545 g/mol. The van der Waals surface area contributed by atoms with E-state index < -0.39 is 0 Å². The van der Waals surface area contributed by atoms with Crippen LogP contribution in [0, 0.1) is 5.92 Å². The zero-order chi connectivity index (χ0) is 20.5. The minimum Gasteiger partial charge on any atom is -0.374 e. The molecule has 8 heteroatoms. The number of ether oxygens (including phenoxy) is 1. The van der Waals surface area contributed by atoms with E-state index in [1.54, 1.807) is 11.3 Å². The molecule has 1 aromatic carbocycles. The molecule has 2 heterocycles. The van der Waals surface area contributed by atoms with Crippen molar-refractivity contribution in [1.29, 1.82) is 0 Å². The van der Waals surface area contributed by atoms with E-state index in [0.717, 1.165) is 63.6 Å². The molecule has 0 amide bonds. The largest absolute Gasteiger partial charge is 0.374 e. The van der Waals surface area contributed by atoms with Crippen LogP contribution in [0.15, 0.2) is 29.3 Å². The zero-order valence-corrected chi connectivity index (χ0v) is 21.5. The Hall–Kier alpha value is -0.970. The Morgan fingerprint density at radius 2 is 2.17 bits per heavy atom. The molecule has 0 bridgehead atoms. The molecule has 2 N–H and O–H groups in total. The van der Waals surface area contributed by atoms with Gasteiger partial charge in [0, 0.05) is 39.1 Å². The minimum absolute atomic E-state index is 0. The number of fused-ring (bicyclic) bond motifs is 1. The molecular formula is C22H36IN5OS. The summed E-state index contributed by atoms with van der Waals surface area (Å²) in [7, 11) is 0. The first-order valence-corrected chi connectivity index (χ1v) is 11.7. The van der Waals surface area contributed by atoms with Crippen molar-refractivity contribution in [2.45, 2.75) is 39.7 Å². The summed E-state index contributed by atoms with van der Waals surface area (Å²) in [6.07, 6.45) is 2.20. The number of guanidine groups is 1. The number of hydrogen-bond donors (Lipinski definition) is 2. The summed E-state index contributed by atoms with van der Waals surface area (Å²) in [6, 6.07) is 8.34. The second kappa shape index (κ2) is 13.4. The number of benzene rings is 1. The zero-order valence-electron chi connectivity index (χ0n) is 18.4. The van der Waals surface area contributed by atoms with Gasteiger partial charge >= 0.3 is 0 Å². The molecule has 1 atom stereocenters. The lowest BCUT2D eigenvalue weighted by atomic mass is 10.2. The van der Waals surface area contributed by atoms with Crippen LogP contribution in [0.3, 0.4) is 0 Å². The van der Waals surface area contributed by atoms with E-state index in [9.17, 15) is 0 Å². The molecule has 1 aliphatic rings. The lowest BCUT2D eigenvalue weighted by molar-refractivity contribution is -0.0261. The number of nitrogens with one attached hydrogen (secondary N) is 2. The van der Waals surface area contributed by atoms with Gasteiger partial charge in [-0.2, -0.15) is 0 Å². The second-order valence-corrected chi connectivity index (χ2v) is 9.09. The lowest BCUT2D eigenvalue weighted by Gasteiger charge is -2.33. The SMILES string of the molecule is CCNC(=NCC1CN(CC(C)C)CCO1)NCCCc1nc2ccccc2s1.I. The number of aromatic nitrogens is 1. The van der Waals surface area contributed by atoms with Gasteiger partial charge in [0.15, 0.2) is 5.96 Å². The minimum atomic E-state index is 0. The quantitative estimate of drug-likeness (QED) is 0.218. The maximum Gasteiger partial charge on any atom is 0.191 e. The number of halogens is 1. The topological polar surface area (TPSA) is 61.8 Å². The fraction of sp³-hybridized carbons (Fsp3) is 0.636. The van der Waals surface area contributed by atoms with Gasteiger partial charge in [-0.1, -0.05) is 26.0 Å². The average molecular weight is 546 g/mol. The average Bonchev–Trinajstić information content (AvgIpc) is 3.12. The summed E-state index contributed by atoms with van der Waals surface area (Å²) in [6.45, 7) is 13.0. The standard InChI is InChI=1S/C22H35N5OS.HI/c1-4-23-22(25-14-18-16-27(12-13-28-18)15-17(2)3)24-11-7-10-21-26-19-8-5-6-9-20(19)29-21;/h5-6,8-9,17-18H,4,7,10-16H2,1-3H3,(H2,23,24,25);1H. The van der Waals surface area contributed by atoms with Crippen LogP contribution in [-0.4, -0.2) is 67.8 Å². The predicted molar refractivity (Wildman–Crippen MR) is 138 cm³/mol. The van der Waals surface area contributed by atoms with E-state index >= 15 is 0 Å². The van der Waals surface area contributed by atoms with Crippen molar-refractivity contribution in [3.63, 3.8) is 0 Å². The third-order valence-electron chi connectivity index (χ3n) is 4.84. The highest BCUT2D eigenvalue weighted by atomic mass is 127. The van der Waals surface area contributed by atoms with Crippen molar-refractivity contribution < 1.29 is 4.74 Å². The molecule has 1 unspecified atom stereocenters. The number of aliphatic imine (C=N–C) groups is 1. The van der Waals surface area contributed by atoms with Crippen molar-refractivity contribution in [1.82, 2.24) is 20.5 Å². The van der Waals surface area contributed by atoms with Gasteiger partial charge in [-0.3, -0.25) is 9.89 Å². The molecule has 30 heavy (non-hydrogen) atoms. The van der Waals surface area contributed by atoms with Gasteiger partial charge < -0.3 is 15.4 Å². The van der Waals surface area contributed by atoms with Gasteiger partial charge in [-0.15, -0.1) is 35.3 Å².